The van der Waals surface area contributed by atoms with Crippen molar-refractivity contribution in [1.29, 1.82) is 0 Å². The smallest absolute Gasteiger partial charge is 0.142 e. The molecule has 0 saturated carbocycles. The van der Waals surface area contributed by atoms with Gasteiger partial charge in [0.2, 0.25) is 0 Å². The van der Waals surface area contributed by atoms with Crippen LogP contribution in [0.1, 0.15) is 12.0 Å². The molecule has 0 amide bonds. The van der Waals surface area contributed by atoms with Crippen molar-refractivity contribution in [3.63, 3.8) is 0 Å². The van der Waals surface area contributed by atoms with Crippen LogP contribution in [0.2, 0.25) is 0 Å². The predicted octanol–water partition coefficient (Wildman–Crippen LogP) is 2.28. The van der Waals surface area contributed by atoms with Gasteiger partial charge in [0.1, 0.15) is 17.9 Å². The van der Waals surface area contributed by atoms with Crippen LogP contribution in [0.3, 0.4) is 0 Å². The van der Waals surface area contributed by atoms with Crippen LogP contribution in [-0.4, -0.2) is 52.3 Å². The molecule has 1 aromatic heterocycles. The molecule has 0 unspecified atom stereocenters. The Labute approximate surface area is 164 Å². The summed E-state index contributed by atoms with van der Waals surface area (Å²) in [6.07, 6.45) is 1.87. The maximum absolute atomic E-state index is 10.1. The molecule has 1 aliphatic heterocycles. The zero-order valence-corrected chi connectivity index (χ0v) is 15.9. The van der Waals surface area contributed by atoms with E-state index in [1.807, 2.05) is 36.4 Å². The normalized spacial score (nSPS) is 20.2. The summed E-state index contributed by atoms with van der Waals surface area (Å²) in [4.78, 5) is 11.1. The molecule has 7 nitrogen and oxygen atoms in total. The van der Waals surface area contributed by atoms with Gasteiger partial charge in [0.25, 0.3) is 0 Å². The minimum atomic E-state index is -0.491. The van der Waals surface area contributed by atoms with Gasteiger partial charge in [0, 0.05) is 42.8 Å². The highest BCUT2D eigenvalue weighted by Crippen LogP contribution is 2.29. The van der Waals surface area contributed by atoms with E-state index in [0.29, 0.717) is 13.1 Å². The van der Waals surface area contributed by atoms with E-state index in [2.05, 4.69) is 26.3 Å². The van der Waals surface area contributed by atoms with E-state index in [9.17, 15) is 5.11 Å². The Morgan fingerprint density at radius 2 is 2.11 bits per heavy atom. The van der Waals surface area contributed by atoms with E-state index in [4.69, 9.17) is 10.5 Å². The average molecular weight is 379 g/mol. The third-order valence-electron chi connectivity index (χ3n) is 5.19. The molecule has 0 bridgehead atoms. The van der Waals surface area contributed by atoms with Gasteiger partial charge in [0.15, 0.2) is 0 Å². The maximum Gasteiger partial charge on any atom is 0.142 e. The number of methoxy groups -OCH3 is 1. The second kappa shape index (κ2) is 8.10. The van der Waals surface area contributed by atoms with Crippen LogP contribution >= 0.6 is 0 Å². The molecule has 2 heterocycles. The van der Waals surface area contributed by atoms with Crippen LogP contribution in [0.15, 0.2) is 48.8 Å². The van der Waals surface area contributed by atoms with Crippen LogP contribution in [-0.2, 0) is 6.54 Å². The number of aliphatic hydroxyl groups is 1. The Kier molecular flexibility index (Phi) is 5.38. The Hall–Kier alpha value is -2.74. The maximum atomic E-state index is 10.1. The molecule has 0 aliphatic carbocycles. The zero-order valence-electron chi connectivity index (χ0n) is 15.9. The third kappa shape index (κ3) is 3.91. The van der Waals surface area contributed by atoms with Crippen molar-refractivity contribution in [3.05, 3.63) is 54.4 Å². The van der Waals surface area contributed by atoms with Crippen molar-refractivity contribution < 1.29 is 9.84 Å². The minimum absolute atomic E-state index is 0.141. The van der Waals surface area contributed by atoms with Gasteiger partial charge < -0.3 is 20.9 Å². The molecule has 2 atom stereocenters. The largest absolute Gasteiger partial charge is 0.497 e. The number of hydrogen-bond acceptors (Lipinski definition) is 7. The predicted molar refractivity (Wildman–Crippen MR) is 110 cm³/mol. The molecule has 4 rings (SSSR count). The van der Waals surface area contributed by atoms with Gasteiger partial charge in [-0.2, -0.15) is 0 Å². The SMILES string of the molecule is COc1cccc(Nc2ncnc3cccc(CN4CC[C@H](N)[C@H](O)C4)c23)c1. The first-order valence-electron chi connectivity index (χ1n) is 9.43. The van der Waals surface area contributed by atoms with Gasteiger partial charge in [-0.05, 0) is 30.2 Å². The van der Waals surface area contributed by atoms with Crippen molar-refractivity contribution in [2.75, 3.05) is 25.5 Å². The lowest BCUT2D eigenvalue weighted by Crippen LogP contribution is -2.50. The van der Waals surface area contributed by atoms with Gasteiger partial charge in [-0.3, -0.25) is 4.90 Å². The number of aliphatic hydroxyl groups excluding tert-OH is 1. The number of hydrogen-bond donors (Lipinski definition) is 3. The van der Waals surface area contributed by atoms with Crippen molar-refractivity contribution in [2.24, 2.45) is 5.73 Å². The molecule has 1 saturated heterocycles. The first kappa shape index (κ1) is 18.6. The fraction of sp³-hybridized carbons (Fsp3) is 0.333. The number of fused-ring (bicyclic) bond motifs is 1. The fourth-order valence-electron chi connectivity index (χ4n) is 3.64. The summed E-state index contributed by atoms with van der Waals surface area (Å²) in [5.74, 6) is 1.53. The van der Waals surface area contributed by atoms with Crippen molar-refractivity contribution in [1.82, 2.24) is 14.9 Å². The summed E-state index contributed by atoms with van der Waals surface area (Å²) in [6.45, 7) is 2.14. The van der Waals surface area contributed by atoms with Gasteiger partial charge in [-0.25, -0.2) is 9.97 Å². The molecule has 1 fully saturated rings. The summed E-state index contributed by atoms with van der Waals surface area (Å²) in [5, 5.41) is 14.5. The lowest BCUT2D eigenvalue weighted by molar-refractivity contribution is 0.0501. The minimum Gasteiger partial charge on any atom is -0.497 e. The average Bonchev–Trinajstić information content (AvgIpc) is 2.71. The number of nitrogens with zero attached hydrogens (tertiary/aromatic N) is 3. The topological polar surface area (TPSA) is 96.5 Å². The summed E-state index contributed by atoms with van der Waals surface area (Å²) >= 11 is 0. The van der Waals surface area contributed by atoms with Gasteiger partial charge in [-0.1, -0.05) is 18.2 Å². The van der Waals surface area contributed by atoms with Crippen molar-refractivity contribution in [2.45, 2.75) is 25.1 Å². The first-order valence-corrected chi connectivity index (χ1v) is 9.43. The number of nitrogens with one attached hydrogen (secondary N) is 1. The number of anilines is 2. The molecule has 3 aromatic rings. The lowest BCUT2D eigenvalue weighted by Gasteiger charge is -2.34. The number of ether oxygens (including phenoxy) is 1. The van der Waals surface area contributed by atoms with Gasteiger partial charge >= 0.3 is 0 Å². The van der Waals surface area contributed by atoms with E-state index < -0.39 is 6.10 Å². The summed E-state index contributed by atoms with van der Waals surface area (Å²) < 4.78 is 5.31. The second-order valence-corrected chi connectivity index (χ2v) is 7.15. The summed E-state index contributed by atoms with van der Waals surface area (Å²) in [6, 6.07) is 13.7. The Morgan fingerprint density at radius 1 is 1.25 bits per heavy atom. The zero-order chi connectivity index (χ0) is 19.5. The van der Waals surface area contributed by atoms with Crippen molar-refractivity contribution >= 4 is 22.4 Å². The van der Waals surface area contributed by atoms with E-state index >= 15 is 0 Å². The van der Waals surface area contributed by atoms with E-state index in [1.165, 1.54) is 0 Å². The molecular formula is C21H25N5O2. The quantitative estimate of drug-likeness (QED) is 0.626. The molecule has 4 N–H and O–H groups in total. The highest BCUT2D eigenvalue weighted by Gasteiger charge is 2.25. The van der Waals surface area contributed by atoms with Crippen LogP contribution in [0.25, 0.3) is 10.9 Å². The van der Waals surface area contributed by atoms with Crippen molar-refractivity contribution in [3.8, 4) is 5.75 Å². The second-order valence-electron chi connectivity index (χ2n) is 7.15. The van der Waals surface area contributed by atoms with Crippen LogP contribution < -0.4 is 15.8 Å². The monoisotopic (exact) mass is 379 g/mol. The van der Waals surface area contributed by atoms with Gasteiger partial charge in [-0.15, -0.1) is 0 Å². The van der Waals surface area contributed by atoms with Crippen LogP contribution in [0, 0.1) is 0 Å². The number of piperidine rings is 1. The summed E-state index contributed by atoms with van der Waals surface area (Å²) in [5.41, 5.74) is 8.84. The molecule has 0 spiro atoms. The number of β-amino-alcohol motifs (C(OH)–C–C–N with tert-alkyl or cyclic N) is 1. The third-order valence-corrected chi connectivity index (χ3v) is 5.19. The standard InChI is InChI=1S/C21H25N5O2/c1-28-16-6-3-5-15(10-16)25-21-20-14(4-2-7-18(20)23-13-24-21)11-26-9-8-17(22)19(27)12-26/h2-7,10,13,17,19,27H,8-9,11-12,22H2,1H3,(H,23,24,25)/t17-,19+/m0/s1. The molecule has 7 heteroatoms. The Balaban J connectivity index is 1.66. The highest BCUT2D eigenvalue weighted by atomic mass is 16.5. The molecular weight excluding hydrogens is 354 g/mol. The number of likely N-dealkylation sites (tertiary alicyclic amines) is 1. The lowest BCUT2D eigenvalue weighted by atomic mass is 10.0. The fourth-order valence-corrected chi connectivity index (χ4v) is 3.64. The molecule has 146 valence electrons. The van der Waals surface area contributed by atoms with Crippen LogP contribution in [0.4, 0.5) is 11.5 Å². The number of aromatic nitrogens is 2. The van der Waals surface area contributed by atoms with E-state index in [0.717, 1.165) is 46.7 Å². The first-order chi connectivity index (χ1) is 13.6. The number of benzene rings is 2. The molecule has 1 aliphatic rings. The number of nitrogens with two attached hydrogens (primary N) is 1. The molecule has 0 radical (unpaired) electrons. The Bertz CT molecular complexity index is 959. The Morgan fingerprint density at radius 3 is 2.93 bits per heavy atom. The van der Waals surface area contributed by atoms with E-state index in [1.54, 1.807) is 13.4 Å². The molecule has 28 heavy (non-hydrogen) atoms. The summed E-state index contributed by atoms with van der Waals surface area (Å²) in [7, 11) is 1.65. The van der Waals surface area contributed by atoms with Gasteiger partial charge in [0.05, 0.1) is 18.7 Å². The number of rotatable bonds is 5. The molecule has 2 aromatic carbocycles. The van der Waals surface area contributed by atoms with E-state index in [-0.39, 0.29) is 6.04 Å². The highest BCUT2D eigenvalue weighted by molar-refractivity contribution is 5.93. The van der Waals surface area contributed by atoms with Crippen LogP contribution in [0.5, 0.6) is 5.75 Å².